The van der Waals surface area contributed by atoms with Crippen LogP contribution in [0.3, 0.4) is 0 Å². The molecule has 19 heavy (non-hydrogen) atoms. The molecule has 1 aromatic rings. The molecular weight excluding hydrogens is 242 g/mol. The normalized spacial score (nSPS) is 12.1. The number of ether oxygens (including phenoxy) is 2. The first-order valence-corrected chi connectivity index (χ1v) is 6.39. The molecule has 0 amide bonds. The number of pyridine rings is 1. The Bertz CT molecular complexity index is 430. The summed E-state index contributed by atoms with van der Waals surface area (Å²) >= 11 is 0. The summed E-state index contributed by atoms with van der Waals surface area (Å²) in [5, 5.41) is 0. The van der Waals surface area contributed by atoms with Gasteiger partial charge >= 0.3 is 5.97 Å². The van der Waals surface area contributed by atoms with Crippen molar-refractivity contribution in [3.05, 3.63) is 23.9 Å². The highest BCUT2D eigenvalue weighted by atomic mass is 16.6. The first-order chi connectivity index (χ1) is 8.60. The molecule has 0 aliphatic rings. The maximum Gasteiger partial charge on any atom is 0.315 e. The first-order valence-electron chi connectivity index (χ1n) is 6.39. The smallest absolute Gasteiger partial charge is 0.315 e. The van der Waals surface area contributed by atoms with E-state index in [4.69, 9.17) is 9.47 Å². The summed E-state index contributed by atoms with van der Waals surface area (Å²) in [5.41, 5.74) is -0.130. The Hall–Kier alpha value is -1.58. The first kappa shape index (κ1) is 15.5. The van der Waals surface area contributed by atoms with Crippen LogP contribution in [0.2, 0.25) is 0 Å². The van der Waals surface area contributed by atoms with E-state index >= 15 is 0 Å². The molecule has 0 spiro atoms. The molecule has 0 aliphatic carbocycles. The predicted molar refractivity (Wildman–Crippen MR) is 74.1 cm³/mol. The maximum atomic E-state index is 12.0. The van der Waals surface area contributed by atoms with Crippen LogP contribution in [-0.4, -0.2) is 23.2 Å². The number of carbonyl (C=O) groups is 1. The van der Waals surface area contributed by atoms with Crippen molar-refractivity contribution in [2.24, 2.45) is 5.41 Å². The van der Waals surface area contributed by atoms with Crippen molar-refractivity contribution in [2.75, 3.05) is 6.61 Å². The summed E-state index contributed by atoms with van der Waals surface area (Å²) in [6.07, 6.45) is 1.73. The fourth-order valence-electron chi connectivity index (χ4n) is 1.27. The van der Waals surface area contributed by atoms with Gasteiger partial charge in [0.2, 0.25) is 5.88 Å². The van der Waals surface area contributed by atoms with Crippen LogP contribution < -0.4 is 4.74 Å². The Morgan fingerprint density at radius 3 is 2.32 bits per heavy atom. The highest BCUT2D eigenvalue weighted by molar-refractivity contribution is 5.76. The monoisotopic (exact) mass is 265 g/mol. The zero-order valence-electron chi connectivity index (χ0n) is 12.6. The molecule has 0 atom stereocenters. The third kappa shape index (κ3) is 5.28. The van der Waals surface area contributed by atoms with Crippen LogP contribution in [-0.2, 0) is 9.53 Å². The molecule has 1 heterocycles. The minimum atomic E-state index is -0.708. The molecule has 0 aromatic carbocycles. The molecule has 4 nitrogen and oxygen atoms in total. The third-order valence-electron chi connectivity index (χ3n) is 2.42. The van der Waals surface area contributed by atoms with Crippen molar-refractivity contribution in [3.63, 3.8) is 0 Å². The van der Waals surface area contributed by atoms with Crippen molar-refractivity contribution in [3.8, 4) is 5.88 Å². The second kappa shape index (κ2) is 5.59. The Kier molecular flexibility index (Phi) is 4.56. The maximum absolute atomic E-state index is 12.0. The van der Waals surface area contributed by atoms with E-state index in [-0.39, 0.29) is 12.6 Å². The van der Waals surface area contributed by atoms with E-state index in [1.807, 2.05) is 33.8 Å². The Morgan fingerprint density at radius 2 is 1.84 bits per heavy atom. The van der Waals surface area contributed by atoms with Gasteiger partial charge in [0.15, 0.2) is 0 Å². The minimum Gasteiger partial charge on any atom is -0.476 e. The zero-order valence-corrected chi connectivity index (χ0v) is 12.6. The number of rotatable bonds is 4. The van der Waals surface area contributed by atoms with Gasteiger partial charge in [-0.1, -0.05) is 6.07 Å². The van der Waals surface area contributed by atoms with Gasteiger partial charge in [-0.3, -0.25) is 4.79 Å². The summed E-state index contributed by atoms with van der Waals surface area (Å²) in [6.45, 7) is 11.3. The van der Waals surface area contributed by atoms with Crippen molar-refractivity contribution < 1.29 is 14.3 Å². The largest absolute Gasteiger partial charge is 0.476 e. The number of hydrogen-bond acceptors (Lipinski definition) is 4. The van der Waals surface area contributed by atoms with E-state index in [0.717, 1.165) is 5.56 Å². The lowest BCUT2D eigenvalue weighted by molar-refractivity contribution is -0.167. The molecule has 0 aliphatic heterocycles. The van der Waals surface area contributed by atoms with Gasteiger partial charge in [-0.05, 0) is 47.1 Å². The van der Waals surface area contributed by atoms with Crippen LogP contribution >= 0.6 is 0 Å². The molecule has 0 bridgehead atoms. The summed E-state index contributed by atoms with van der Waals surface area (Å²) in [4.78, 5) is 16.2. The van der Waals surface area contributed by atoms with E-state index in [0.29, 0.717) is 5.88 Å². The average Bonchev–Trinajstić information content (AvgIpc) is 2.26. The molecule has 4 heteroatoms. The SMILES string of the molecule is Cc1ccc(OCC(C)(C)C(=O)OC(C)(C)C)nc1. The number of hydrogen-bond donors (Lipinski definition) is 0. The minimum absolute atomic E-state index is 0.234. The van der Waals surface area contributed by atoms with Crippen LogP contribution in [0.1, 0.15) is 40.2 Å². The van der Waals surface area contributed by atoms with Gasteiger partial charge in [-0.15, -0.1) is 0 Å². The van der Waals surface area contributed by atoms with Crippen LogP contribution in [0.15, 0.2) is 18.3 Å². The molecule has 1 aromatic heterocycles. The molecule has 1 rings (SSSR count). The predicted octanol–water partition coefficient (Wildman–Crippen LogP) is 3.14. The molecule has 0 fully saturated rings. The van der Waals surface area contributed by atoms with Gasteiger partial charge in [0, 0.05) is 12.3 Å². The van der Waals surface area contributed by atoms with E-state index in [9.17, 15) is 4.79 Å². The molecule has 0 unspecified atom stereocenters. The second-order valence-electron chi connectivity index (χ2n) is 6.35. The van der Waals surface area contributed by atoms with Crippen LogP contribution in [0.25, 0.3) is 0 Å². The molecular formula is C15H23NO3. The highest BCUT2D eigenvalue weighted by Crippen LogP contribution is 2.22. The fraction of sp³-hybridized carbons (Fsp3) is 0.600. The molecule has 0 N–H and O–H groups in total. The lowest BCUT2D eigenvalue weighted by atomic mass is 9.94. The van der Waals surface area contributed by atoms with E-state index in [1.165, 1.54) is 0 Å². The molecule has 0 radical (unpaired) electrons. The van der Waals surface area contributed by atoms with Crippen molar-refractivity contribution in [1.29, 1.82) is 0 Å². The van der Waals surface area contributed by atoms with Gasteiger partial charge in [0.25, 0.3) is 0 Å². The summed E-state index contributed by atoms with van der Waals surface area (Å²) in [7, 11) is 0. The van der Waals surface area contributed by atoms with E-state index < -0.39 is 11.0 Å². The number of carbonyl (C=O) groups excluding carboxylic acids is 1. The number of aryl methyl sites for hydroxylation is 1. The lowest BCUT2D eigenvalue weighted by Gasteiger charge is -2.28. The van der Waals surface area contributed by atoms with Crippen molar-refractivity contribution in [1.82, 2.24) is 4.98 Å². The summed E-state index contributed by atoms with van der Waals surface area (Å²) in [5.74, 6) is 0.245. The summed E-state index contributed by atoms with van der Waals surface area (Å²) in [6, 6.07) is 3.71. The van der Waals surface area contributed by atoms with Crippen LogP contribution in [0.5, 0.6) is 5.88 Å². The van der Waals surface area contributed by atoms with Gasteiger partial charge in [-0.25, -0.2) is 4.98 Å². The quantitative estimate of drug-likeness (QED) is 0.785. The number of aromatic nitrogens is 1. The Balaban J connectivity index is 2.59. The zero-order chi connectivity index (χ0) is 14.7. The van der Waals surface area contributed by atoms with Gasteiger partial charge in [0.1, 0.15) is 12.2 Å². The van der Waals surface area contributed by atoms with Crippen molar-refractivity contribution >= 4 is 5.97 Å². The van der Waals surface area contributed by atoms with Crippen molar-refractivity contribution in [2.45, 2.75) is 47.1 Å². The van der Waals surface area contributed by atoms with E-state index in [1.54, 1.807) is 26.1 Å². The molecule has 0 saturated carbocycles. The molecule has 106 valence electrons. The lowest BCUT2D eigenvalue weighted by Crippen LogP contribution is -2.37. The van der Waals surface area contributed by atoms with Gasteiger partial charge in [-0.2, -0.15) is 0 Å². The van der Waals surface area contributed by atoms with Crippen LogP contribution in [0, 0.1) is 12.3 Å². The third-order valence-corrected chi connectivity index (χ3v) is 2.42. The Morgan fingerprint density at radius 1 is 1.21 bits per heavy atom. The van der Waals surface area contributed by atoms with E-state index in [2.05, 4.69) is 4.98 Å². The number of esters is 1. The molecule has 0 saturated heterocycles. The second-order valence-corrected chi connectivity index (χ2v) is 6.35. The Labute approximate surface area is 115 Å². The highest BCUT2D eigenvalue weighted by Gasteiger charge is 2.33. The average molecular weight is 265 g/mol. The topological polar surface area (TPSA) is 48.4 Å². The van der Waals surface area contributed by atoms with Gasteiger partial charge in [0.05, 0.1) is 5.41 Å². The fourth-order valence-corrected chi connectivity index (χ4v) is 1.27. The standard InChI is InChI=1S/C15H23NO3/c1-11-7-8-12(16-9-11)18-10-15(5,6)13(17)19-14(2,3)4/h7-9H,10H2,1-6H3. The number of nitrogens with zero attached hydrogens (tertiary/aromatic N) is 1. The van der Waals surface area contributed by atoms with Gasteiger partial charge < -0.3 is 9.47 Å². The van der Waals surface area contributed by atoms with Crippen LogP contribution in [0.4, 0.5) is 0 Å². The summed E-state index contributed by atoms with van der Waals surface area (Å²) < 4.78 is 10.9.